The molecule has 22 heavy (non-hydrogen) atoms. The summed E-state index contributed by atoms with van der Waals surface area (Å²) in [6.07, 6.45) is 3.17. The van der Waals surface area contributed by atoms with Crippen molar-refractivity contribution in [2.45, 2.75) is 25.3 Å². The van der Waals surface area contributed by atoms with Gasteiger partial charge in [0, 0.05) is 22.2 Å². The molecule has 3 heteroatoms. The molecule has 3 nitrogen and oxygen atoms in total. The van der Waals surface area contributed by atoms with Gasteiger partial charge in [0.15, 0.2) is 0 Å². The minimum Gasteiger partial charge on any atom is -0.356 e. The van der Waals surface area contributed by atoms with Gasteiger partial charge in [-0.05, 0) is 43.0 Å². The quantitative estimate of drug-likeness (QED) is 0.737. The van der Waals surface area contributed by atoms with Gasteiger partial charge >= 0.3 is 0 Å². The smallest absolute Gasteiger partial charge is 0.251 e. The number of carbonyl (C=O) groups excluding carboxylic acids is 1. The average molecular weight is 290 g/mol. The second-order valence-corrected chi connectivity index (χ2v) is 5.85. The van der Waals surface area contributed by atoms with E-state index in [1.54, 1.807) is 0 Å². The predicted octanol–water partition coefficient (Wildman–Crippen LogP) is 3.98. The molecular formula is C19H18N2O. The Kier molecular flexibility index (Phi) is 3.19. The molecule has 110 valence electrons. The molecule has 0 saturated carbocycles. The Bertz CT molecular complexity index is 820. The van der Waals surface area contributed by atoms with Crippen LogP contribution in [0.4, 0.5) is 0 Å². The Balaban J connectivity index is 1.66. The minimum absolute atomic E-state index is 0.00268. The fourth-order valence-corrected chi connectivity index (χ4v) is 3.39. The van der Waals surface area contributed by atoms with Crippen LogP contribution < -0.4 is 5.32 Å². The number of benzene rings is 2. The molecule has 0 fully saturated rings. The lowest BCUT2D eigenvalue weighted by Crippen LogP contribution is -2.31. The van der Waals surface area contributed by atoms with Gasteiger partial charge in [-0.25, -0.2) is 0 Å². The maximum atomic E-state index is 12.4. The van der Waals surface area contributed by atoms with Crippen LogP contribution in [0.2, 0.25) is 0 Å². The molecule has 2 aromatic carbocycles. The van der Waals surface area contributed by atoms with Crippen LogP contribution in [0, 0.1) is 0 Å². The first kappa shape index (κ1) is 13.1. The topological polar surface area (TPSA) is 44.9 Å². The number of aryl methyl sites for hydroxylation is 1. The zero-order valence-electron chi connectivity index (χ0n) is 12.3. The number of hydrogen-bond acceptors (Lipinski definition) is 1. The molecule has 0 bridgehead atoms. The fourth-order valence-electron chi connectivity index (χ4n) is 3.39. The molecular weight excluding hydrogens is 272 g/mol. The highest BCUT2D eigenvalue weighted by Gasteiger charge is 2.25. The molecule has 3 aromatic rings. The summed E-state index contributed by atoms with van der Waals surface area (Å²) in [6.45, 7) is 0. The summed E-state index contributed by atoms with van der Waals surface area (Å²) in [4.78, 5) is 15.9. The molecule has 1 amide bonds. The van der Waals surface area contributed by atoms with Gasteiger partial charge < -0.3 is 10.3 Å². The molecule has 0 saturated heterocycles. The minimum atomic E-state index is -0.00268. The number of para-hydroxylation sites is 1. The van der Waals surface area contributed by atoms with Crippen molar-refractivity contribution in [3.8, 4) is 0 Å². The molecule has 4 rings (SSSR count). The molecule has 0 unspecified atom stereocenters. The van der Waals surface area contributed by atoms with Crippen LogP contribution >= 0.6 is 0 Å². The number of carbonyl (C=O) groups is 1. The summed E-state index contributed by atoms with van der Waals surface area (Å²) in [5, 5.41) is 4.47. The Morgan fingerprint density at radius 1 is 1.05 bits per heavy atom. The van der Waals surface area contributed by atoms with E-state index in [1.807, 2.05) is 36.4 Å². The maximum absolute atomic E-state index is 12.4. The summed E-state index contributed by atoms with van der Waals surface area (Å²) in [5.41, 5.74) is 4.41. The van der Waals surface area contributed by atoms with Gasteiger partial charge in [-0.15, -0.1) is 0 Å². The van der Waals surface area contributed by atoms with Crippen molar-refractivity contribution < 1.29 is 4.79 Å². The number of aromatic amines is 1. The van der Waals surface area contributed by atoms with E-state index in [0.717, 1.165) is 24.8 Å². The number of nitrogens with one attached hydrogen (secondary N) is 2. The lowest BCUT2D eigenvalue weighted by Gasteiger charge is -2.23. The van der Waals surface area contributed by atoms with Gasteiger partial charge in [0.25, 0.3) is 5.91 Å². The highest BCUT2D eigenvalue weighted by molar-refractivity contribution is 5.94. The van der Waals surface area contributed by atoms with Crippen LogP contribution in [0.5, 0.6) is 0 Å². The van der Waals surface area contributed by atoms with Crippen LogP contribution in [0.1, 0.15) is 40.5 Å². The standard InChI is InChI=1S/C19H18N2O/c22-19(13-7-2-1-3-8-13)21-17-12-6-10-15-14-9-4-5-11-16(14)20-18(15)17/h1-5,7-9,11,17,20H,6,10,12H2,(H,21,22)/t17-/m1/s1. The van der Waals surface area contributed by atoms with Crippen molar-refractivity contribution in [2.75, 3.05) is 0 Å². The number of aromatic nitrogens is 1. The van der Waals surface area contributed by atoms with E-state index in [4.69, 9.17) is 0 Å². The summed E-state index contributed by atoms with van der Waals surface area (Å²) < 4.78 is 0. The summed E-state index contributed by atoms with van der Waals surface area (Å²) >= 11 is 0. The average Bonchev–Trinajstić information content (AvgIpc) is 2.95. The van der Waals surface area contributed by atoms with Gasteiger partial charge in [0.2, 0.25) is 0 Å². The van der Waals surface area contributed by atoms with Crippen molar-refractivity contribution in [3.05, 3.63) is 71.4 Å². The van der Waals surface area contributed by atoms with E-state index in [-0.39, 0.29) is 11.9 Å². The Morgan fingerprint density at radius 3 is 2.68 bits per heavy atom. The third kappa shape index (κ3) is 2.19. The molecule has 1 aromatic heterocycles. The monoisotopic (exact) mass is 290 g/mol. The molecule has 1 heterocycles. The fraction of sp³-hybridized carbons (Fsp3) is 0.211. The molecule has 0 spiro atoms. The molecule has 1 aliphatic carbocycles. The Labute approximate surface area is 129 Å². The number of rotatable bonds is 2. The maximum Gasteiger partial charge on any atom is 0.251 e. The Morgan fingerprint density at radius 2 is 1.82 bits per heavy atom. The normalized spacial score (nSPS) is 17.2. The van der Waals surface area contributed by atoms with Crippen LogP contribution in [0.3, 0.4) is 0 Å². The molecule has 1 atom stereocenters. The van der Waals surface area contributed by atoms with E-state index in [1.165, 1.54) is 16.6 Å². The van der Waals surface area contributed by atoms with Gasteiger partial charge in [0.1, 0.15) is 0 Å². The van der Waals surface area contributed by atoms with Crippen molar-refractivity contribution >= 4 is 16.8 Å². The number of H-pyrrole nitrogens is 1. The van der Waals surface area contributed by atoms with Crippen molar-refractivity contribution in [2.24, 2.45) is 0 Å². The van der Waals surface area contributed by atoms with Gasteiger partial charge in [0.05, 0.1) is 6.04 Å². The highest BCUT2D eigenvalue weighted by Crippen LogP contribution is 2.34. The summed E-state index contributed by atoms with van der Waals surface area (Å²) in [6, 6.07) is 17.9. The first-order valence-corrected chi connectivity index (χ1v) is 7.78. The lowest BCUT2D eigenvalue weighted by molar-refractivity contribution is 0.0932. The van der Waals surface area contributed by atoms with E-state index in [0.29, 0.717) is 5.56 Å². The van der Waals surface area contributed by atoms with Gasteiger partial charge in [-0.2, -0.15) is 0 Å². The second kappa shape index (κ2) is 5.34. The van der Waals surface area contributed by atoms with Crippen molar-refractivity contribution in [3.63, 3.8) is 0 Å². The van der Waals surface area contributed by atoms with Crippen molar-refractivity contribution in [1.29, 1.82) is 0 Å². The molecule has 1 aliphatic rings. The third-order valence-electron chi connectivity index (χ3n) is 4.46. The van der Waals surface area contributed by atoms with E-state index in [9.17, 15) is 4.79 Å². The number of hydrogen-bond donors (Lipinski definition) is 2. The number of amides is 1. The first-order chi connectivity index (χ1) is 10.8. The lowest BCUT2D eigenvalue weighted by atomic mass is 9.91. The summed E-state index contributed by atoms with van der Waals surface area (Å²) in [7, 11) is 0. The van der Waals surface area contributed by atoms with Crippen LogP contribution in [0.15, 0.2) is 54.6 Å². The molecule has 2 N–H and O–H groups in total. The Hall–Kier alpha value is -2.55. The largest absolute Gasteiger partial charge is 0.356 e. The third-order valence-corrected chi connectivity index (χ3v) is 4.46. The number of fused-ring (bicyclic) bond motifs is 3. The van der Waals surface area contributed by atoms with Gasteiger partial charge in [-0.3, -0.25) is 4.79 Å². The second-order valence-electron chi connectivity index (χ2n) is 5.85. The van der Waals surface area contributed by atoms with Crippen LogP contribution in [-0.4, -0.2) is 10.9 Å². The molecule has 0 radical (unpaired) electrons. The first-order valence-electron chi connectivity index (χ1n) is 7.78. The molecule has 0 aliphatic heterocycles. The highest BCUT2D eigenvalue weighted by atomic mass is 16.1. The predicted molar refractivity (Wildman–Crippen MR) is 87.9 cm³/mol. The SMILES string of the molecule is O=C(N[C@@H]1CCCc2c1[nH]c1ccccc21)c1ccccc1. The van der Waals surface area contributed by atoms with E-state index in [2.05, 4.69) is 28.5 Å². The van der Waals surface area contributed by atoms with Crippen LogP contribution in [0.25, 0.3) is 10.9 Å². The van der Waals surface area contributed by atoms with E-state index >= 15 is 0 Å². The summed E-state index contributed by atoms with van der Waals surface area (Å²) in [5.74, 6) is -0.00268. The zero-order valence-corrected chi connectivity index (χ0v) is 12.3. The van der Waals surface area contributed by atoms with E-state index < -0.39 is 0 Å². The van der Waals surface area contributed by atoms with Gasteiger partial charge in [-0.1, -0.05) is 36.4 Å². The van der Waals surface area contributed by atoms with Crippen LogP contribution in [-0.2, 0) is 6.42 Å². The van der Waals surface area contributed by atoms with Crippen molar-refractivity contribution in [1.82, 2.24) is 10.3 Å². The zero-order chi connectivity index (χ0) is 14.9.